The van der Waals surface area contributed by atoms with Crippen molar-refractivity contribution in [3.8, 4) is 0 Å². The molecular formula is C24H27F3N6O. The van der Waals surface area contributed by atoms with Gasteiger partial charge in [0.15, 0.2) is 0 Å². The van der Waals surface area contributed by atoms with Crippen LogP contribution in [0.25, 0.3) is 10.9 Å². The van der Waals surface area contributed by atoms with Gasteiger partial charge in [0.1, 0.15) is 23.3 Å². The van der Waals surface area contributed by atoms with E-state index in [0.29, 0.717) is 54.4 Å². The minimum atomic E-state index is -2.89. The Kier molecular flexibility index (Phi) is 6.58. The molecule has 34 heavy (non-hydrogen) atoms. The van der Waals surface area contributed by atoms with Crippen LogP contribution in [0, 0.1) is 19.7 Å². The average Bonchev–Trinajstić information content (AvgIpc) is 2.79. The lowest BCUT2D eigenvalue weighted by molar-refractivity contribution is -0.129. The highest BCUT2D eigenvalue weighted by molar-refractivity contribution is 5.92. The summed E-state index contributed by atoms with van der Waals surface area (Å²) in [6.45, 7) is 9.40. The zero-order valence-corrected chi connectivity index (χ0v) is 19.6. The van der Waals surface area contributed by atoms with Gasteiger partial charge in [-0.15, -0.1) is 0 Å². The summed E-state index contributed by atoms with van der Waals surface area (Å²) in [5, 5.41) is 3.90. The normalized spacial score (nSPS) is 15.2. The van der Waals surface area contributed by atoms with E-state index < -0.39 is 23.8 Å². The summed E-state index contributed by atoms with van der Waals surface area (Å²) in [4.78, 5) is 29.3. The van der Waals surface area contributed by atoms with Gasteiger partial charge >= 0.3 is 0 Å². The summed E-state index contributed by atoms with van der Waals surface area (Å²) >= 11 is 0. The van der Waals surface area contributed by atoms with E-state index in [1.54, 1.807) is 25.7 Å². The second-order valence-corrected chi connectivity index (χ2v) is 8.49. The fourth-order valence-electron chi connectivity index (χ4n) is 4.26. The van der Waals surface area contributed by atoms with Crippen LogP contribution in [-0.2, 0) is 4.79 Å². The number of carbonyl (C=O) groups excluding carboxylic acids is 1. The lowest BCUT2D eigenvalue weighted by atomic mass is 10.0. The molecule has 0 saturated carbocycles. The molecule has 3 heterocycles. The third-order valence-corrected chi connectivity index (χ3v) is 6.12. The van der Waals surface area contributed by atoms with Crippen molar-refractivity contribution in [2.45, 2.75) is 40.2 Å². The minimum absolute atomic E-state index is 0.0507. The third-order valence-electron chi connectivity index (χ3n) is 6.12. The van der Waals surface area contributed by atoms with Gasteiger partial charge in [-0.25, -0.2) is 28.1 Å². The third kappa shape index (κ3) is 4.62. The number of carbonyl (C=O) groups is 1. The van der Waals surface area contributed by atoms with E-state index in [0.717, 1.165) is 11.9 Å². The molecular weight excluding hydrogens is 445 g/mol. The van der Waals surface area contributed by atoms with E-state index in [9.17, 15) is 18.0 Å². The molecule has 2 aromatic heterocycles. The number of benzene rings is 1. The SMILES string of the molecule is CC(=O)N1CCN(c2cc3c(NC(C)c4cccc(C(F)F)c4F)nc(C)nc3c(C)n2)CC1. The Bertz CT molecular complexity index is 1230. The van der Waals surface area contributed by atoms with Crippen molar-refractivity contribution in [3.05, 3.63) is 52.7 Å². The lowest BCUT2D eigenvalue weighted by Crippen LogP contribution is -2.48. The molecule has 3 aromatic rings. The Morgan fingerprint density at radius 2 is 1.74 bits per heavy atom. The van der Waals surface area contributed by atoms with Crippen LogP contribution in [0.4, 0.5) is 24.8 Å². The molecule has 1 fully saturated rings. The number of aromatic nitrogens is 3. The fourth-order valence-corrected chi connectivity index (χ4v) is 4.26. The predicted molar refractivity (Wildman–Crippen MR) is 125 cm³/mol. The molecule has 0 bridgehead atoms. The maximum atomic E-state index is 14.7. The number of piperazine rings is 1. The summed E-state index contributed by atoms with van der Waals surface area (Å²) in [6, 6.07) is 5.27. The quantitative estimate of drug-likeness (QED) is 0.587. The number of hydrogen-bond acceptors (Lipinski definition) is 6. The monoisotopic (exact) mass is 472 g/mol. The van der Waals surface area contributed by atoms with Gasteiger partial charge in [-0.2, -0.15) is 0 Å². The number of rotatable bonds is 5. The van der Waals surface area contributed by atoms with Crippen LogP contribution in [-0.4, -0.2) is 51.9 Å². The summed E-state index contributed by atoms with van der Waals surface area (Å²) in [5.41, 5.74) is 0.888. The molecule has 7 nitrogen and oxygen atoms in total. The first-order chi connectivity index (χ1) is 16.2. The second-order valence-electron chi connectivity index (χ2n) is 8.49. The summed E-state index contributed by atoms with van der Waals surface area (Å²) in [6.07, 6.45) is -2.89. The van der Waals surface area contributed by atoms with Gasteiger partial charge < -0.3 is 15.1 Å². The fraction of sp³-hybridized carbons (Fsp3) is 0.417. The molecule has 1 aromatic carbocycles. The molecule has 1 atom stereocenters. The van der Waals surface area contributed by atoms with E-state index in [1.807, 2.05) is 13.0 Å². The first-order valence-corrected chi connectivity index (χ1v) is 11.1. The largest absolute Gasteiger partial charge is 0.363 e. The zero-order chi connectivity index (χ0) is 24.6. The van der Waals surface area contributed by atoms with Crippen molar-refractivity contribution in [2.75, 3.05) is 36.4 Å². The van der Waals surface area contributed by atoms with E-state index in [2.05, 4.69) is 20.2 Å². The van der Waals surface area contributed by atoms with Crippen LogP contribution in [0.2, 0.25) is 0 Å². The van der Waals surface area contributed by atoms with Crippen LogP contribution in [0.15, 0.2) is 24.3 Å². The van der Waals surface area contributed by atoms with Gasteiger partial charge in [-0.1, -0.05) is 18.2 Å². The van der Waals surface area contributed by atoms with Crippen molar-refractivity contribution >= 4 is 28.4 Å². The Hall–Kier alpha value is -3.43. The Morgan fingerprint density at radius 3 is 2.38 bits per heavy atom. The van der Waals surface area contributed by atoms with Crippen molar-refractivity contribution in [3.63, 3.8) is 0 Å². The lowest BCUT2D eigenvalue weighted by Gasteiger charge is -2.35. The molecule has 1 unspecified atom stereocenters. The minimum Gasteiger partial charge on any atom is -0.363 e. The van der Waals surface area contributed by atoms with Crippen LogP contribution in [0.5, 0.6) is 0 Å². The van der Waals surface area contributed by atoms with Crippen molar-refractivity contribution in [1.82, 2.24) is 19.9 Å². The number of alkyl halides is 2. The number of pyridine rings is 1. The van der Waals surface area contributed by atoms with Crippen molar-refractivity contribution in [1.29, 1.82) is 0 Å². The maximum absolute atomic E-state index is 14.7. The number of amides is 1. The molecule has 4 rings (SSSR count). The number of nitrogens with one attached hydrogen (secondary N) is 1. The van der Waals surface area contributed by atoms with Crippen LogP contribution >= 0.6 is 0 Å². The first kappa shape index (κ1) is 23.7. The second kappa shape index (κ2) is 9.44. The maximum Gasteiger partial charge on any atom is 0.266 e. The molecule has 1 saturated heterocycles. The molecule has 1 aliphatic rings. The zero-order valence-electron chi connectivity index (χ0n) is 19.6. The summed E-state index contributed by atoms with van der Waals surface area (Å²) in [7, 11) is 0. The molecule has 10 heteroatoms. The first-order valence-electron chi connectivity index (χ1n) is 11.1. The molecule has 0 spiro atoms. The topological polar surface area (TPSA) is 74.2 Å². The summed E-state index contributed by atoms with van der Waals surface area (Å²) in [5.74, 6) is 0.856. The molecule has 1 aliphatic heterocycles. The van der Waals surface area contributed by atoms with Crippen molar-refractivity contribution in [2.24, 2.45) is 0 Å². The number of aryl methyl sites for hydroxylation is 2. The van der Waals surface area contributed by atoms with Crippen LogP contribution in [0.1, 0.15) is 49.0 Å². The standard InChI is InChI=1S/C24H27F3N6O/c1-13(17-6-5-7-18(21(17)25)23(26)27)29-24-19-12-20(28-14(2)22(19)30-15(3)31-24)33-10-8-32(9-11-33)16(4)34/h5-7,12-13,23H,8-11H2,1-4H3,(H,29,30,31). The highest BCUT2D eigenvalue weighted by Gasteiger charge is 2.23. The molecule has 0 radical (unpaired) electrons. The summed E-state index contributed by atoms with van der Waals surface area (Å²) < 4.78 is 41.1. The smallest absolute Gasteiger partial charge is 0.266 e. The highest BCUT2D eigenvalue weighted by Crippen LogP contribution is 2.32. The number of nitrogens with zero attached hydrogens (tertiary/aromatic N) is 5. The Balaban J connectivity index is 1.69. The van der Waals surface area contributed by atoms with Crippen LogP contribution < -0.4 is 10.2 Å². The van der Waals surface area contributed by atoms with Crippen molar-refractivity contribution < 1.29 is 18.0 Å². The Morgan fingerprint density at radius 1 is 1.06 bits per heavy atom. The van der Waals surface area contributed by atoms with Gasteiger partial charge in [-0.05, 0) is 26.8 Å². The molecule has 1 amide bonds. The van der Waals surface area contributed by atoms with E-state index in [4.69, 9.17) is 4.98 Å². The molecule has 180 valence electrons. The van der Waals surface area contributed by atoms with E-state index in [1.165, 1.54) is 12.1 Å². The number of fused-ring (bicyclic) bond motifs is 1. The average molecular weight is 473 g/mol. The predicted octanol–water partition coefficient (Wildman–Crippen LogP) is 4.56. The Labute approximate surface area is 196 Å². The number of anilines is 2. The van der Waals surface area contributed by atoms with Gasteiger partial charge in [0.05, 0.1) is 22.8 Å². The number of halogens is 3. The van der Waals surface area contributed by atoms with E-state index in [-0.39, 0.29) is 11.5 Å². The van der Waals surface area contributed by atoms with Gasteiger partial charge in [0, 0.05) is 44.1 Å². The molecule has 0 aliphatic carbocycles. The van der Waals surface area contributed by atoms with Gasteiger partial charge in [0.2, 0.25) is 5.91 Å². The number of hydrogen-bond donors (Lipinski definition) is 1. The van der Waals surface area contributed by atoms with E-state index >= 15 is 0 Å². The van der Waals surface area contributed by atoms with Gasteiger partial charge in [-0.3, -0.25) is 4.79 Å². The molecule has 1 N–H and O–H groups in total. The van der Waals surface area contributed by atoms with Gasteiger partial charge in [0.25, 0.3) is 6.43 Å². The van der Waals surface area contributed by atoms with Crippen LogP contribution in [0.3, 0.4) is 0 Å². The highest BCUT2D eigenvalue weighted by atomic mass is 19.3.